The predicted molar refractivity (Wildman–Crippen MR) is 104 cm³/mol. The normalized spacial score (nSPS) is 16.2. The highest BCUT2D eigenvalue weighted by Crippen LogP contribution is 2.35. The maximum atomic E-state index is 12.8. The summed E-state index contributed by atoms with van der Waals surface area (Å²) in [6.45, 7) is 3.63. The van der Waals surface area contributed by atoms with E-state index in [4.69, 9.17) is 18.9 Å². The van der Waals surface area contributed by atoms with E-state index in [0.717, 1.165) is 24.3 Å². The highest BCUT2D eigenvalue weighted by molar-refractivity contribution is 5.94. The van der Waals surface area contributed by atoms with Crippen LogP contribution in [-0.4, -0.2) is 44.4 Å². The smallest absolute Gasteiger partial charge is 0.241 e. The van der Waals surface area contributed by atoms with Crippen molar-refractivity contribution in [1.29, 1.82) is 0 Å². The van der Waals surface area contributed by atoms with E-state index in [9.17, 15) is 4.79 Å². The monoisotopic (exact) mass is 384 g/mol. The van der Waals surface area contributed by atoms with Crippen molar-refractivity contribution in [1.82, 2.24) is 4.90 Å². The fourth-order valence-electron chi connectivity index (χ4n) is 3.62. The van der Waals surface area contributed by atoms with Gasteiger partial charge in [-0.3, -0.25) is 9.69 Å². The van der Waals surface area contributed by atoms with Crippen LogP contribution in [0, 0.1) is 0 Å². The lowest BCUT2D eigenvalue weighted by molar-refractivity contribution is -0.121. The molecule has 148 valence electrons. The van der Waals surface area contributed by atoms with Crippen molar-refractivity contribution in [2.75, 3.05) is 32.9 Å². The topological polar surface area (TPSA) is 69.3 Å². The van der Waals surface area contributed by atoms with E-state index in [-0.39, 0.29) is 18.7 Å². The zero-order valence-electron chi connectivity index (χ0n) is 16.3. The molecule has 2 aliphatic rings. The Morgan fingerprint density at radius 2 is 1.79 bits per heavy atom. The quantitative estimate of drug-likeness (QED) is 0.855. The van der Waals surface area contributed by atoms with E-state index < -0.39 is 0 Å². The highest BCUT2D eigenvalue weighted by Gasteiger charge is 2.27. The minimum atomic E-state index is -0.272. The van der Waals surface area contributed by atoms with Crippen LogP contribution >= 0.6 is 0 Å². The molecule has 0 aromatic heterocycles. The molecule has 0 saturated heterocycles. The molecule has 0 fully saturated rings. The third kappa shape index (κ3) is 3.45. The number of carbonyl (C=O) groups excluding carboxylic acids is 1. The fourth-order valence-corrected chi connectivity index (χ4v) is 3.62. The summed E-state index contributed by atoms with van der Waals surface area (Å²) in [6.07, 6.45) is 0.858. The van der Waals surface area contributed by atoms with Gasteiger partial charge < -0.3 is 24.3 Å². The van der Waals surface area contributed by atoms with E-state index in [1.54, 1.807) is 26.4 Å². The summed E-state index contributed by atoms with van der Waals surface area (Å²) in [6, 6.07) is 9.17. The van der Waals surface area contributed by atoms with Gasteiger partial charge in [0.25, 0.3) is 0 Å². The van der Waals surface area contributed by atoms with Crippen molar-refractivity contribution in [3.05, 3.63) is 41.5 Å². The number of rotatable bonds is 5. The van der Waals surface area contributed by atoms with E-state index in [1.807, 2.05) is 25.1 Å². The highest BCUT2D eigenvalue weighted by atomic mass is 16.7. The van der Waals surface area contributed by atoms with Crippen LogP contribution < -0.4 is 24.3 Å². The molecule has 0 saturated carbocycles. The average Bonchev–Trinajstić information content (AvgIpc) is 3.19. The Morgan fingerprint density at radius 1 is 1.07 bits per heavy atom. The van der Waals surface area contributed by atoms with Crippen LogP contribution in [0.4, 0.5) is 5.69 Å². The number of amides is 1. The molecule has 28 heavy (non-hydrogen) atoms. The molecule has 1 atom stereocenters. The van der Waals surface area contributed by atoms with Gasteiger partial charge >= 0.3 is 0 Å². The number of ether oxygens (including phenoxy) is 4. The number of hydrogen-bond acceptors (Lipinski definition) is 6. The Bertz CT molecular complexity index is 899. The van der Waals surface area contributed by atoms with Gasteiger partial charge in [-0.15, -0.1) is 0 Å². The number of fused-ring (bicyclic) bond motifs is 2. The summed E-state index contributed by atoms with van der Waals surface area (Å²) >= 11 is 0. The van der Waals surface area contributed by atoms with Crippen molar-refractivity contribution in [3.63, 3.8) is 0 Å². The Balaban J connectivity index is 1.45. The van der Waals surface area contributed by atoms with Crippen molar-refractivity contribution in [2.45, 2.75) is 25.9 Å². The van der Waals surface area contributed by atoms with E-state index >= 15 is 0 Å². The zero-order valence-corrected chi connectivity index (χ0v) is 16.3. The number of anilines is 1. The molecule has 7 nitrogen and oxygen atoms in total. The van der Waals surface area contributed by atoms with Gasteiger partial charge in [0.15, 0.2) is 23.0 Å². The number of nitrogens with one attached hydrogen (secondary N) is 1. The van der Waals surface area contributed by atoms with Gasteiger partial charge in [0.2, 0.25) is 12.7 Å². The van der Waals surface area contributed by atoms with Gasteiger partial charge in [-0.1, -0.05) is 0 Å². The molecule has 4 rings (SSSR count). The van der Waals surface area contributed by atoms with Crippen LogP contribution in [0.25, 0.3) is 0 Å². The summed E-state index contributed by atoms with van der Waals surface area (Å²) < 4.78 is 21.5. The van der Waals surface area contributed by atoms with E-state index in [1.165, 1.54) is 5.56 Å². The molecule has 2 aliphatic heterocycles. The summed E-state index contributed by atoms with van der Waals surface area (Å²) in [5.41, 5.74) is 3.09. The van der Waals surface area contributed by atoms with Crippen molar-refractivity contribution >= 4 is 11.6 Å². The first-order chi connectivity index (χ1) is 13.6. The minimum Gasteiger partial charge on any atom is -0.493 e. The molecule has 2 aromatic carbocycles. The molecule has 7 heteroatoms. The van der Waals surface area contributed by atoms with E-state index in [0.29, 0.717) is 29.5 Å². The summed E-state index contributed by atoms with van der Waals surface area (Å²) in [5.74, 6) is 2.74. The van der Waals surface area contributed by atoms with Gasteiger partial charge in [-0.05, 0) is 48.7 Å². The van der Waals surface area contributed by atoms with Crippen LogP contribution in [0.3, 0.4) is 0 Å². The number of methoxy groups -OCH3 is 2. The Labute approximate surface area is 164 Å². The largest absolute Gasteiger partial charge is 0.493 e. The predicted octanol–water partition coefficient (Wildman–Crippen LogP) is 2.82. The second-order valence-corrected chi connectivity index (χ2v) is 6.93. The van der Waals surface area contributed by atoms with Gasteiger partial charge in [-0.25, -0.2) is 0 Å². The second kappa shape index (κ2) is 7.59. The van der Waals surface area contributed by atoms with Crippen LogP contribution in [0.15, 0.2) is 30.3 Å². The van der Waals surface area contributed by atoms with Crippen LogP contribution in [0.2, 0.25) is 0 Å². The second-order valence-electron chi connectivity index (χ2n) is 6.93. The molecule has 0 spiro atoms. The third-order valence-electron chi connectivity index (χ3n) is 5.31. The SMILES string of the molecule is COc1cc2c(cc1OC)CN([C@@H](C)C(=O)Nc1ccc3c(c1)OCO3)CC2. The first-order valence-corrected chi connectivity index (χ1v) is 9.27. The lowest BCUT2D eigenvalue weighted by Crippen LogP contribution is -2.44. The van der Waals surface area contributed by atoms with Gasteiger partial charge in [0.05, 0.1) is 20.3 Å². The molecule has 0 bridgehead atoms. The average molecular weight is 384 g/mol. The van der Waals surface area contributed by atoms with Gasteiger partial charge in [0.1, 0.15) is 0 Å². The maximum absolute atomic E-state index is 12.8. The van der Waals surface area contributed by atoms with Gasteiger partial charge in [-0.2, -0.15) is 0 Å². The molecular weight excluding hydrogens is 360 g/mol. The third-order valence-corrected chi connectivity index (χ3v) is 5.31. The number of hydrogen-bond donors (Lipinski definition) is 1. The summed E-state index contributed by atoms with van der Waals surface area (Å²) in [5, 5.41) is 2.97. The fraction of sp³-hybridized carbons (Fsp3) is 0.381. The van der Waals surface area contributed by atoms with Crippen molar-refractivity contribution < 1.29 is 23.7 Å². The Morgan fingerprint density at radius 3 is 2.54 bits per heavy atom. The van der Waals surface area contributed by atoms with E-state index in [2.05, 4.69) is 10.2 Å². The first kappa shape index (κ1) is 18.4. The standard InChI is InChI=1S/C21H24N2O5/c1-13(21(24)22-16-4-5-17-20(10-16)28-12-27-17)23-7-6-14-8-18(25-2)19(26-3)9-15(14)11-23/h4-5,8-10,13H,6-7,11-12H2,1-3H3,(H,22,24)/t13-/m0/s1. The van der Waals surface area contributed by atoms with Crippen LogP contribution in [-0.2, 0) is 17.8 Å². The number of nitrogens with zero attached hydrogens (tertiary/aromatic N) is 1. The lowest BCUT2D eigenvalue weighted by atomic mass is 9.97. The Hall–Kier alpha value is -2.93. The molecular formula is C21H24N2O5. The molecule has 0 unspecified atom stereocenters. The first-order valence-electron chi connectivity index (χ1n) is 9.27. The molecule has 2 aromatic rings. The molecule has 0 radical (unpaired) electrons. The molecule has 1 N–H and O–H groups in total. The van der Waals surface area contributed by atoms with Crippen LogP contribution in [0.5, 0.6) is 23.0 Å². The number of carbonyl (C=O) groups is 1. The molecule has 1 amide bonds. The summed E-state index contributed by atoms with van der Waals surface area (Å²) in [4.78, 5) is 14.9. The maximum Gasteiger partial charge on any atom is 0.241 e. The van der Waals surface area contributed by atoms with Crippen molar-refractivity contribution in [2.24, 2.45) is 0 Å². The van der Waals surface area contributed by atoms with Crippen molar-refractivity contribution in [3.8, 4) is 23.0 Å². The lowest BCUT2D eigenvalue weighted by Gasteiger charge is -2.33. The number of benzene rings is 2. The minimum absolute atomic E-state index is 0.0530. The zero-order chi connectivity index (χ0) is 19.7. The summed E-state index contributed by atoms with van der Waals surface area (Å²) in [7, 11) is 3.27. The van der Waals surface area contributed by atoms with Gasteiger partial charge in [0, 0.05) is 24.8 Å². The Kier molecular flexibility index (Phi) is 5.00. The van der Waals surface area contributed by atoms with Crippen LogP contribution in [0.1, 0.15) is 18.1 Å². The molecule has 2 heterocycles. The molecule has 0 aliphatic carbocycles.